The zero-order valence-electron chi connectivity index (χ0n) is 13.5. The number of benzene rings is 1. The van der Waals surface area contributed by atoms with Crippen LogP contribution in [0.25, 0.3) is 0 Å². The second-order valence-electron chi connectivity index (χ2n) is 6.28. The first kappa shape index (κ1) is 15.8. The van der Waals surface area contributed by atoms with E-state index in [1.807, 2.05) is 12.1 Å². The van der Waals surface area contributed by atoms with Crippen molar-refractivity contribution in [3.63, 3.8) is 0 Å². The van der Waals surface area contributed by atoms with Crippen LogP contribution in [0.3, 0.4) is 0 Å². The Morgan fingerprint density at radius 1 is 1.33 bits per heavy atom. The van der Waals surface area contributed by atoms with Gasteiger partial charge in [0, 0.05) is 11.7 Å². The van der Waals surface area contributed by atoms with Gasteiger partial charge in [0.15, 0.2) is 5.96 Å². The van der Waals surface area contributed by atoms with Crippen LogP contribution in [-0.4, -0.2) is 36.5 Å². The number of aliphatic imine (C=N–C) groups is 1. The first-order chi connectivity index (χ1) is 10.0. The lowest BCUT2D eigenvalue weighted by Crippen LogP contribution is -2.41. The van der Waals surface area contributed by atoms with Gasteiger partial charge in [-0.05, 0) is 57.8 Å². The molecule has 21 heavy (non-hydrogen) atoms. The first-order valence-corrected chi connectivity index (χ1v) is 7.92. The third-order valence-corrected chi connectivity index (χ3v) is 4.29. The highest BCUT2D eigenvalue weighted by atomic mass is 15.2. The van der Waals surface area contributed by atoms with E-state index in [0.29, 0.717) is 12.0 Å². The number of nitrogens with one attached hydrogen (secondary N) is 1. The smallest absolute Gasteiger partial charge is 0.193 e. The largest absolute Gasteiger partial charge is 0.370 e. The molecule has 1 aromatic carbocycles. The number of anilines is 1. The number of hydrogen-bond acceptors (Lipinski definition) is 2. The van der Waals surface area contributed by atoms with Crippen LogP contribution in [0.15, 0.2) is 29.3 Å². The number of piperidine rings is 1. The molecule has 1 heterocycles. The summed E-state index contributed by atoms with van der Waals surface area (Å²) in [5.41, 5.74) is 8.19. The molecule has 0 bridgehead atoms. The van der Waals surface area contributed by atoms with Gasteiger partial charge in [-0.25, -0.2) is 0 Å². The molecule has 2 rings (SSSR count). The van der Waals surface area contributed by atoms with Crippen LogP contribution in [0.5, 0.6) is 0 Å². The average Bonchev–Trinajstić information content (AvgIpc) is 2.48. The lowest BCUT2D eigenvalue weighted by Gasteiger charge is -2.34. The Hall–Kier alpha value is -1.55. The Balaban J connectivity index is 1.81. The third kappa shape index (κ3) is 5.05. The second kappa shape index (κ2) is 7.46. The summed E-state index contributed by atoms with van der Waals surface area (Å²) in [6.07, 6.45) is 2.59. The number of nitrogens with zero attached hydrogens (tertiary/aromatic N) is 2. The van der Waals surface area contributed by atoms with Gasteiger partial charge < -0.3 is 11.1 Å². The SMILES string of the molecule is Cc1ccc(NC(N)=NCC(C)N2CCC(C)CC2)cc1. The highest BCUT2D eigenvalue weighted by molar-refractivity contribution is 5.92. The maximum Gasteiger partial charge on any atom is 0.193 e. The van der Waals surface area contributed by atoms with Crippen LogP contribution in [0.4, 0.5) is 5.69 Å². The molecule has 1 aliphatic rings. The maximum absolute atomic E-state index is 5.96. The van der Waals surface area contributed by atoms with Crippen molar-refractivity contribution in [2.24, 2.45) is 16.6 Å². The molecule has 1 aromatic rings. The zero-order valence-corrected chi connectivity index (χ0v) is 13.5. The molecule has 1 fully saturated rings. The lowest BCUT2D eigenvalue weighted by molar-refractivity contribution is 0.150. The molecular formula is C17H28N4. The summed E-state index contributed by atoms with van der Waals surface area (Å²) >= 11 is 0. The van der Waals surface area contributed by atoms with Crippen molar-refractivity contribution in [1.29, 1.82) is 0 Å². The van der Waals surface area contributed by atoms with Gasteiger partial charge in [-0.3, -0.25) is 9.89 Å². The molecular weight excluding hydrogens is 260 g/mol. The molecule has 0 radical (unpaired) electrons. The van der Waals surface area contributed by atoms with Gasteiger partial charge in [-0.15, -0.1) is 0 Å². The Morgan fingerprint density at radius 3 is 2.57 bits per heavy atom. The summed E-state index contributed by atoms with van der Waals surface area (Å²) in [4.78, 5) is 6.99. The molecule has 1 atom stereocenters. The number of aryl methyl sites for hydroxylation is 1. The number of likely N-dealkylation sites (tertiary alicyclic amines) is 1. The van der Waals surface area contributed by atoms with E-state index in [1.54, 1.807) is 0 Å². The normalized spacial score (nSPS) is 19.5. The highest BCUT2D eigenvalue weighted by Gasteiger charge is 2.19. The molecule has 4 nitrogen and oxygen atoms in total. The van der Waals surface area contributed by atoms with E-state index in [2.05, 4.69) is 48.1 Å². The van der Waals surface area contributed by atoms with Gasteiger partial charge in [0.05, 0.1) is 6.54 Å². The van der Waals surface area contributed by atoms with Crippen LogP contribution < -0.4 is 11.1 Å². The predicted octanol–water partition coefficient (Wildman–Crippen LogP) is 2.84. The molecule has 0 aliphatic carbocycles. The predicted molar refractivity (Wildman–Crippen MR) is 90.7 cm³/mol. The average molecular weight is 288 g/mol. The Bertz CT molecular complexity index is 458. The van der Waals surface area contributed by atoms with E-state index in [-0.39, 0.29) is 0 Å². The summed E-state index contributed by atoms with van der Waals surface area (Å²) < 4.78 is 0. The third-order valence-electron chi connectivity index (χ3n) is 4.29. The van der Waals surface area contributed by atoms with E-state index >= 15 is 0 Å². The molecule has 1 aliphatic heterocycles. The van der Waals surface area contributed by atoms with Gasteiger partial charge >= 0.3 is 0 Å². The highest BCUT2D eigenvalue weighted by Crippen LogP contribution is 2.18. The van der Waals surface area contributed by atoms with Crippen molar-refractivity contribution >= 4 is 11.6 Å². The quantitative estimate of drug-likeness (QED) is 0.661. The summed E-state index contributed by atoms with van der Waals surface area (Å²) in [5, 5.41) is 3.14. The fourth-order valence-electron chi connectivity index (χ4n) is 2.64. The van der Waals surface area contributed by atoms with E-state index in [1.165, 1.54) is 31.5 Å². The molecule has 0 aromatic heterocycles. The zero-order chi connectivity index (χ0) is 15.2. The topological polar surface area (TPSA) is 53.6 Å². The monoisotopic (exact) mass is 288 g/mol. The second-order valence-corrected chi connectivity index (χ2v) is 6.28. The number of guanidine groups is 1. The van der Waals surface area contributed by atoms with Gasteiger partial charge in [-0.2, -0.15) is 0 Å². The van der Waals surface area contributed by atoms with Crippen molar-refractivity contribution in [2.75, 3.05) is 25.0 Å². The summed E-state index contributed by atoms with van der Waals surface area (Å²) in [6.45, 7) is 9.76. The van der Waals surface area contributed by atoms with E-state index in [9.17, 15) is 0 Å². The maximum atomic E-state index is 5.96. The van der Waals surface area contributed by atoms with Crippen LogP contribution in [0, 0.1) is 12.8 Å². The fourth-order valence-corrected chi connectivity index (χ4v) is 2.64. The fraction of sp³-hybridized carbons (Fsp3) is 0.588. The molecule has 116 valence electrons. The van der Waals surface area contributed by atoms with Crippen molar-refractivity contribution in [3.05, 3.63) is 29.8 Å². The summed E-state index contributed by atoms with van der Waals surface area (Å²) in [5.74, 6) is 1.36. The molecule has 4 heteroatoms. The molecule has 0 spiro atoms. The number of hydrogen-bond donors (Lipinski definition) is 2. The van der Waals surface area contributed by atoms with Crippen molar-refractivity contribution < 1.29 is 0 Å². The van der Waals surface area contributed by atoms with Crippen LogP contribution in [-0.2, 0) is 0 Å². The van der Waals surface area contributed by atoms with Crippen molar-refractivity contribution in [3.8, 4) is 0 Å². The molecule has 0 amide bonds. The minimum atomic E-state index is 0.455. The van der Waals surface area contributed by atoms with E-state index in [4.69, 9.17) is 5.73 Å². The van der Waals surface area contributed by atoms with Gasteiger partial charge in [0.2, 0.25) is 0 Å². The summed E-state index contributed by atoms with van der Waals surface area (Å²) in [6, 6.07) is 8.62. The van der Waals surface area contributed by atoms with E-state index < -0.39 is 0 Å². The molecule has 1 saturated heterocycles. The van der Waals surface area contributed by atoms with Gasteiger partial charge in [-0.1, -0.05) is 24.6 Å². The first-order valence-electron chi connectivity index (χ1n) is 7.92. The molecule has 1 unspecified atom stereocenters. The van der Waals surface area contributed by atoms with E-state index in [0.717, 1.165) is 18.2 Å². The molecule has 3 N–H and O–H groups in total. The molecule has 0 saturated carbocycles. The van der Waals surface area contributed by atoms with Crippen molar-refractivity contribution in [2.45, 2.75) is 39.7 Å². The van der Waals surface area contributed by atoms with Gasteiger partial charge in [0.25, 0.3) is 0 Å². The minimum Gasteiger partial charge on any atom is -0.370 e. The van der Waals surface area contributed by atoms with Crippen LogP contribution in [0.2, 0.25) is 0 Å². The van der Waals surface area contributed by atoms with Gasteiger partial charge in [0.1, 0.15) is 0 Å². The standard InChI is InChI=1S/C17H28N4/c1-13-4-6-16(7-5-13)20-17(18)19-12-15(3)21-10-8-14(2)9-11-21/h4-7,14-15H,8-12H2,1-3H3,(H3,18,19,20). The van der Waals surface area contributed by atoms with Crippen LogP contribution in [0.1, 0.15) is 32.3 Å². The Kier molecular flexibility index (Phi) is 5.62. The number of nitrogens with two attached hydrogens (primary N) is 1. The number of rotatable bonds is 4. The van der Waals surface area contributed by atoms with Crippen molar-refractivity contribution in [1.82, 2.24) is 4.90 Å². The summed E-state index contributed by atoms with van der Waals surface area (Å²) in [7, 11) is 0. The minimum absolute atomic E-state index is 0.455. The Morgan fingerprint density at radius 2 is 1.95 bits per heavy atom. The Labute approximate surface area is 128 Å². The lowest BCUT2D eigenvalue weighted by atomic mass is 9.98. The van der Waals surface area contributed by atoms with Crippen LogP contribution >= 0.6 is 0 Å².